The first-order valence-electron chi connectivity index (χ1n) is 5.28. The highest BCUT2D eigenvalue weighted by molar-refractivity contribution is 6.31. The van der Waals surface area contributed by atoms with Crippen LogP contribution in [0.5, 0.6) is 0 Å². The van der Waals surface area contributed by atoms with E-state index in [9.17, 15) is 18.0 Å². The molecule has 0 spiro atoms. The number of halogens is 4. The van der Waals surface area contributed by atoms with Crippen molar-refractivity contribution in [2.24, 2.45) is 0 Å². The number of hydrogen-bond acceptors (Lipinski definition) is 2. The van der Waals surface area contributed by atoms with Crippen LogP contribution >= 0.6 is 11.6 Å². The van der Waals surface area contributed by atoms with Crippen LogP contribution in [0.2, 0.25) is 5.02 Å². The van der Waals surface area contributed by atoms with Crippen LogP contribution in [0.3, 0.4) is 0 Å². The molecule has 106 valence electrons. The minimum Gasteiger partial charge on any atom is -0.399 e. The molecule has 19 heavy (non-hydrogen) atoms. The average Bonchev–Trinajstić information content (AvgIpc) is 2.29. The second kappa shape index (κ2) is 6.01. The van der Waals surface area contributed by atoms with Crippen LogP contribution in [-0.4, -0.2) is 30.7 Å². The minimum absolute atomic E-state index is 0.0631. The molecule has 0 radical (unpaired) electrons. The zero-order valence-corrected chi connectivity index (χ0v) is 10.8. The lowest BCUT2D eigenvalue weighted by Crippen LogP contribution is -2.41. The number of nitrogen functional groups attached to an aromatic ring is 1. The van der Waals surface area contributed by atoms with E-state index in [0.29, 0.717) is 16.3 Å². The third-order valence-corrected chi connectivity index (χ3v) is 2.63. The molecular formula is C11H13ClF3N3O. The zero-order chi connectivity index (χ0) is 14.6. The molecule has 0 atom stereocenters. The molecule has 3 N–H and O–H groups in total. The number of hydrogen-bond donors (Lipinski definition) is 2. The van der Waals surface area contributed by atoms with E-state index >= 15 is 0 Å². The number of benzene rings is 1. The van der Waals surface area contributed by atoms with Crippen molar-refractivity contribution < 1.29 is 18.0 Å². The Labute approximate surface area is 113 Å². The van der Waals surface area contributed by atoms with Gasteiger partial charge in [0.2, 0.25) is 0 Å². The number of rotatable bonds is 3. The van der Waals surface area contributed by atoms with E-state index < -0.39 is 18.8 Å². The van der Waals surface area contributed by atoms with Crippen LogP contribution in [0.4, 0.5) is 23.7 Å². The first kappa shape index (κ1) is 15.4. The molecular weight excluding hydrogens is 283 g/mol. The maximum absolute atomic E-state index is 12.0. The lowest BCUT2D eigenvalue weighted by Gasteiger charge is -2.19. The van der Waals surface area contributed by atoms with E-state index in [0.717, 1.165) is 4.90 Å². The van der Waals surface area contributed by atoms with E-state index in [4.69, 9.17) is 17.3 Å². The molecule has 0 aliphatic carbocycles. The number of nitrogens with one attached hydrogen (secondary N) is 1. The van der Waals surface area contributed by atoms with Gasteiger partial charge in [0.05, 0.1) is 0 Å². The summed E-state index contributed by atoms with van der Waals surface area (Å²) in [5.41, 5.74) is 6.59. The molecule has 0 fully saturated rings. The Bertz CT molecular complexity index is 465. The fourth-order valence-electron chi connectivity index (χ4n) is 1.35. The first-order valence-corrected chi connectivity index (χ1v) is 5.66. The zero-order valence-electron chi connectivity index (χ0n) is 10.1. The largest absolute Gasteiger partial charge is 0.405 e. The predicted molar refractivity (Wildman–Crippen MR) is 66.8 cm³/mol. The number of nitrogens with zero attached hydrogens (tertiary/aromatic N) is 1. The number of alkyl halides is 3. The van der Waals surface area contributed by atoms with Gasteiger partial charge in [0, 0.05) is 24.3 Å². The summed E-state index contributed by atoms with van der Waals surface area (Å²) in [5.74, 6) is 0. The van der Waals surface area contributed by atoms with Gasteiger partial charge in [0.1, 0.15) is 6.54 Å². The highest BCUT2D eigenvalue weighted by Gasteiger charge is 2.28. The Morgan fingerprint density at radius 3 is 2.68 bits per heavy atom. The molecule has 0 aromatic heterocycles. The molecule has 0 heterocycles. The van der Waals surface area contributed by atoms with Crippen molar-refractivity contribution in [3.8, 4) is 0 Å². The first-order chi connectivity index (χ1) is 8.69. The molecule has 2 amide bonds. The molecule has 8 heteroatoms. The van der Waals surface area contributed by atoms with E-state index in [1.165, 1.54) is 7.05 Å². The molecule has 1 aromatic rings. The van der Waals surface area contributed by atoms with E-state index in [2.05, 4.69) is 0 Å². The summed E-state index contributed by atoms with van der Waals surface area (Å²) < 4.78 is 35.9. The van der Waals surface area contributed by atoms with Crippen LogP contribution in [0.15, 0.2) is 18.2 Å². The Morgan fingerprint density at radius 2 is 2.11 bits per heavy atom. The van der Waals surface area contributed by atoms with Gasteiger partial charge in [-0.05, 0) is 23.8 Å². The van der Waals surface area contributed by atoms with E-state index in [1.807, 2.05) is 0 Å². The molecule has 1 rings (SSSR count). The predicted octanol–water partition coefficient (Wildman–Crippen LogP) is 2.63. The van der Waals surface area contributed by atoms with E-state index in [-0.39, 0.29) is 6.54 Å². The summed E-state index contributed by atoms with van der Waals surface area (Å²) >= 11 is 5.90. The third-order valence-electron chi connectivity index (χ3n) is 2.26. The molecule has 1 aromatic carbocycles. The highest BCUT2D eigenvalue weighted by atomic mass is 35.5. The number of nitrogens with two attached hydrogens (primary N) is 1. The van der Waals surface area contributed by atoms with Crippen LogP contribution in [0.25, 0.3) is 0 Å². The molecule has 0 aliphatic heterocycles. The van der Waals surface area contributed by atoms with Crippen molar-refractivity contribution in [3.63, 3.8) is 0 Å². The minimum atomic E-state index is -4.44. The number of urea groups is 1. The summed E-state index contributed by atoms with van der Waals surface area (Å²) in [6.07, 6.45) is -4.44. The normalized spacial score (nSPS) is 11.2. The van der Waals surface area contributed by atoms with Gasteiger partial charge in [-0.2, -0.15) is 13.2 Å². The standard InChI is InChI=1S/C11H13ClF3N3O/c1-18(10(19)17-6-11(13,14)15)5-7-4-8(16)2-3-9(7)12/h2-4H,5-6,16H2,1H3,(H,17,19). The third kappa shape index (κ3) is 5.25. The van der Waals surface area contributed by atoms with Crippen molar-refractivity contribution >= 4 is 23.3 Å². The van der Waals surface area contributed by atoms with Gasteiger partial charge >= 0.3 is 12.2 Å². The van der Waals surface area contributed by atoms with Gasteiger partial charge in [0.15, 0.2) is 0 Å². The van der Waals surface area contributed by atoms with Gasteiger partial charge in [-0.15, -0.1) is 0 Å². The van der Waals surface area contributed by atoms with Gasteiger partial charge < -0.3 is 16.0 Å². The number of anilines is 1. The fraction of sp³-hybridized carbons (Fsp3) is 0.364. The van der Waals surface area contributed by atoms with Crippen molar-refractivity contribution in [1.29, 1.82) is 0 Å². The number of carbonyl (C=O) groups is 1. The number of carbonyl (C=O) groups excluding carboxylic acids is 1. The summed E-state index contributed by atoms with van der Waals surface area (Å²) in [7, 11) is 1.37. The maximum Gasteiger partial charge on any atom is 0.405 e. The summed E-state index contributed by atoms with van der Waals surface area (Å²) in [6, 6.07) is 3.88. The summed E-state index contributed by atoms with van der Waals surface area (Å²) in [5, 5.41) is 2.16. The lowest BCUT2D eigenvalue weighted by molar-refractivity contribution is -0.123. The van der Waals surface area contributed by atoms with Gasteiger partial charge in [-0.25, -0.2) is 4.79 Å². The average molecular weight is 296 g/mol. The quantitative estimate of drug-likeness (QED) is 0.842. The van der Waals surface area contributed by atoms with Gasteiger partial charge in [0.25, 0.3) is 0 Å². The lowest BCUT2D eigenvalue weighted by atomic mass is 10.2. The number of amides is 2. The maximum atomic E-state index is 12.0. The van der Waals surface area contributed by atoms with Crippen LogP contribution in [-0.2, 0) is 6.54 Å². The Kier molecular flexibility index (Phi) is 4.88. The summed E-state index contributed by atoms with van der Waals surface area (Å²) in [4.78, 5) is 12.5. The molecule has 4 nitrogen and oxygen atoms in total. The molecule has 0 bridgehead atoms. The Balaban J connectivity index is 2.61. The van der Waals surface area contributed by atoms with Crippen LogP contribution < -0.4 is 11.1 Å². The fourth-order valence-corrected chi connectivity index (χ4v) is 1.53. The SMILES string of the molecule is CN(Cc1cc(N)ccc1Cl)C(=O)NCC(F)(F)F. The van der Waals surface area contributed by atoms with Gasteiger partial charge in [-0.1, -0.05) is 11.6 Å². The molecule has 0 unspecified atom stereocenters. The van der Waals surface area contributed by atoms with E-state index in [1.54, 1.807) is 23.5 Å². The second-order valence-electron chi connectivity index (χ2n) is 3.98. The van der Waals surface area contributed by atoms with Crippen molar-refractivity contribution in [3.05, 3.63) is 28.8 Å². The Morgan fingerprint density at radius 1 is 1.47 bits per heavy atom. The van der Waals surface area contributed by atoms with Crippen molar-refractivity contribution in [1.82, 2.24) is 10.2 Å². The second-order valence-corrected chi connectivity index (χ2v) is 4.39. The topological polar surface area (TPSA) is 58.4 Å². The monoisotopic (exact) mass is 295 g/mol. The molecule has 0 saturated carbocycles. The summed E-state index contributed by atoms with van der Waals surface area (Å²) in [6.45, 7) is -1.31. The van der Waals surface area contributed by atoms with Crippen LogP contribution in [0.1, 0.15) is 5.56 Å². The smallest absolute Gasteiger partial charge is 0.399 e. The molecule has 0 aliphatic rings. The molecule has 0 saturated heterocycles. The highest BCUT2D eigenvalue weighted by Crippen LogP contribution is 2.20. The van der Waals surface area contributed by atoms with Crippen molar-refractivity contribution in [2.75, 3.05) is 19.3 Å². The van der Waals surface area contributed by atoms with Gasteiger partial charge in [-0.3, -0.25) is 0 Å². The van der Waals surface area contributed by atoms with Crippen LogP contribution in [0, 0.1) is 0 Å². The van der Waals surface area contributed by atoms with Crippen molar-refractivity contribution in [2.45, 2.75) is 12.7 Å². The Hall–Kier alpha value is -1.63.